The van der Waals surface area contributed by atoms with Crippen LogP contribution in [0.15, 0.2) is 72.0 Å². The summed E-state index contributed by atoms with van der Waals surface area (Å²) in [5.74, 6) is -0.466. The van der Waals surface area contributed by atoms with E-state index >= 15 is 0 Å². The Labute approximate surface area is 209 Å². The Kier molecular flexibility index (Phi) is 6.79. The number of likely N-dealkylation sites (N-methyl/N-ethyl adjacent to an activating group) is 1. The summed E-state index contributed by atoms with van der Waals surface area (Å²) in [5, 5.41) is 11.6. The van der Waals surface area contributed by atoms with Crippen molar-refractivity contribution < 1.29 is 14.6 Å². The molecule has 5 rings (SSSR count). The molecule has 184 valence electrons. The molecule has 0 unspecified atom stereocenters. The second kappa shape index (κ2) is 10.3. The standard InChI is InChI=1S/C28H29N5O3/c1-32-12-14-33(15-13-32)18-19-5-8-22(9-6-19)30-26(21-4-3-11-29-17-21)25-23-10-7-20(28(35)36-2)16-24(23)31-27(25)34/h3-11,16-17,31,34H,12-15,18H2,1-2H3. The second-order valence-electron chi connectivity index (χ2n) is 9.05. The van der Waals surface area contributed by atoms with E-state index in [1.165, 1.54) is 12.7 Å². The molecule has 0 amide bonds. The molecule has 2 aromatic carbocycles. The number of piperazine rings is 1. The number of aromatic hydroxyl groups is 1. The smallest absolute Gasteiger partial charge is 0.337 e. The molecule has 0 spiro atoms. The predicted molar refractivity (Wildman–Crippen MR) is 140 cm³/mol. The molecule has 2 N–H and O–H groups in total. The molecule has 0 saturated carbocycles. The van der Waals surface area contributed by atoms with Crippen LogP contribution in [0.5, 0.6) is 5.88 Å². The van der Waals surface area contributed by atoms with Gasteiger partial charge in [-0.1, -0.05) is 18.2 Å². The van der Waals surface area contributed by atoms with E-state index in [4.69, 9.17) is 9.73 Å². The van der Waals surface area contributed by atoms with Gasteiger partial charge in [-0.05, 0) is 49.0 Å². The third-order valence-electron chi connectivity index (χ3n) is 6.55. The third kappa shape index (κ3) is 5.00. The van der Waals surface area contributed by atoms with Gasteiger partial charge < -0.3 is 19.7 Å². The highest BCUT2D eigenvalue weighted by molar-refractivity contribution is 6.22. The molecule has 2 aromatic heterocycles. The summed E-state index contributed by atoms with van der Waals surface area (Å²) in [6.07, 6.45) is 3.42. The molecule has 8 heteroatoms. The van der Waals surface area contributed by atoms with Crippen molar-refractivity contribution >= 4 is 28.3 Å². The number of carbonyl (C=O) groups is 1. The van der Waals surface area contributed by atoms with Gasteiger partial charge in [0.05, 0.1) is 29.6 Å². The molecule has 36 heavy (non-hydrogen) atoms. The van der Waals surface area contributed by atoms with Gasteiger partial charge >= 0.3 is 5.97 Å². The predicted octanol–water partition coefficient (Wildman–Crippen LogP) is 3.97. The lowest BCUT2D eigenvalue weighted by molar-refractivity contribution is 0.0601. The lowest BCUT2D eigenvalue weighted by atomic mass is 10.0. The molecule has 1 saturated heterocycles. The van der Waals surface area contributed by atoms with Crippen molar-refractivity contribution in [2.45, 2.75) is 6.54 Å². The molecule has 0 radical (unpaired) electrons. The third-order valence-corrected chi connectivity index (χ3v) is 6.55. The maximum atomic E-state index is 12.0. The number of methoxy groups -OCH3 is 1. The van der Waals surface area contributed by atoms with Gasteiger partial charge in [0.2, 0.25) is 0 Å². The number of hydrogen-bond donors (Lipinski definition) is 2. The van der Waals surface area contributed by atoms with E-state index in [0.717, 1.165) is 49.4 Å². The number of benzene rings is 2. The van der Waals surface area contributed by atoms with E-state index in [9.17, 15) is 9.90 Å². The summed E-state index contributed by atoms with van der Waals surface area (Å²) < 4.78 is 4.83. The van der Waals surface area contributed by atoms with Crippen LogP contribution in [-0.2, 0) is 11.3 Å². The number of fused-ring (bicyclic) bond motifs is 1. The highest BCUT2D eigenvalue weighted by atomic mass is 16.5. The minimum atomic E-state index is -0.439. The average Bonchev–Trinajstić information content (AvgIpc) is 3.24. The van der Waals surface area contributed by atoms with Gasteiger partial charge in [-0.15, -0.1) is 0 Å². The van der Waals surface area contributed by atoms with Crippen LogP contribution >= 0.6 is 0 Å². The van der Waals surface area contributed by atoms with Crippen LogP contribution in [0.2, 0.25) is 0 Å². The number of nitrogens with one attached hydrogen (secondary N) is 1. The summed E-state index contributed by atoms with van der Waals surface area (Å²) >= 11 is 0. The Morgan fingerprint density at radius 2 is 1.86 bits per heavy atom. The van der Waals surface area contributed by atoms with E-state index in [-0.39, 0.29) is 5.88 Å². The number of ether oxygens (including phenoxy) is 1. The molecule has 8 nitrogen and oxygen atoms in total. The number of pyridine rings is 1. The van der Waals surface area contributed by atoms with Crippen LogP contribution in [0.3, 0.4) is 0 Å². The zero-order valence-corrected chi connectivity index (χ0v) is 20.4. The van der Waals surface area contributed by atoms with Gasteiger partial charge in [-0.2, -0.15) is 0 Å². The Morgan fingerprint density at radius 1 is 1.08 bits per heavy atom. The van der Waals surface area contributed by atoms with E-state index in [1.807, 2.05) is 24.3 Å². The van der Waals surface area contributed by atoms with Crippen molar-refractivity contribution in [1.82, 2.24) is 19.8 Å². The maximum Gasteiger partial charge on any atom is 0.337 e. The molecule has 0 bridgehead atoms. The summed E-state index contributed by atoms with van der Waals surface area (Å²) in [7, 11) is 3.50. The Balaban J connectivity index is 1.50. The first-order valence-electron chi connectivity index (χ1n) is 11.9. The Hall–Kier alpha value is -4.01. The number of rotatable bonds is 6. The fraction of sp³-hybridized carbons (Fsp3) is 0.250. The van der Waals surface area contributed by atoms with Crippen molar-refractivity contribution in [2.75, 3.05) is 40.3 Å². The van der Waals surface area contributed by atoms with Crippen LogP contribution < -0.4 is 0 Å². The number of hydrogen-bond acceptors (Lipinski definition) is 7. The van der Waals surface area contributed by atoms with E-state index in [0.29, 0.717) is 22.4 Å². The quantitative estimate of drug-likeness (QED) is 0.318. The van der Waals surface area contributed by atoms with Crippen LogP contribution in [0.25, 0.3) is 10.9 Å². The minimum Gasteiger partial charge on any atom is -0.494 e. The number of esters is 1. The lowest BCUT2D eigenvalue weighted by Crippen LogP contribution is -2.43. The molecule has 3 heterocycles. The molecule has 0 atom stereocenters. The first kappa shape index (κ1) is 23.7. The number of aromatic amines is 1. The van der Waals surface area contributed by atoms with Gasteiger partial charge in [0.15, 0.2) is 5.88 Å². The summed E-state index contributed by atoms with van der Waals surface area (Å²) in [4.78, 5) is 29.0. The van der Waals surface area contributed by atoms with Crippen LogP contribution in [0.4, 0.5) is 5.69 Å². The van der Waals surface area contributed by atoms with Gasteiger partial charge in [0, 0.05) is 61.6 Å². The molecular weight excluding hydrogens is 454 g/mol. The van der Waals surface area contributed by atoms with Gasteiger partial charge in [0.1, 0.15) is 0 Å². The highest BCUT2D eigenvalue weighted by Gasteiger charge is 2.20. The molecule has 4 aromatic rings. The Morgan fingerprint density at radius 3 is 2.56 bits per heavy atom. The normalized spacial score (nSPS) is 15.3. The highest BCUT2D eigenvalue weighted by Crippen LogP contribution is 2.32. The Bertz CT molecular complexity index is 1390. The number of carbonyl (C=O) groups excluding carboxylic acids is 1. The number of aromatic nitrogens is 2. The average molecular weight is 484 g/mol. The van der Waals surface area contributed by atoms with Gasteiger partial charge in [-0.3, -0.25) is 9.88 Å². The van der Waals surface area contributed by atoms with Crippen LogP contribution in [0, 0.1) is 0 Å². The minimum absolute atomic E-state index is 0.0266. The van der Waals surface area contributed by atoms with Crippen molar-refractivity contribution in [3.05, 3.63) is 89.2 Å². The van der Waals surface area contributed by atoms with Crippen molar-refractivity contribution in [3.8, 4) is 5.88 Å². The first-order chi connectivity index (χ1) is 17.5. The number of nitrogens with zero attached hydrogens (tertiary/aromatic N) is 4. The van der Waals surface area contributed by atoms with Crippen molar-refractivity contribution in [3.63, 3.8) is 0 Å². The fourth-order valence-electron chi connectivity index (χ4n) is 4.50. The summed E-state index contributed by atoms with van der Waals surface area (Å²) in [6, 6.07) is 17.1. The monoisotopic (exact) mass is 483 g/mol. The van der Waals surface area contributed by atoms with E-state index in [2.05, 4.69) is 38.9 Å². The van der Waals surface area contributed by atoms with Crippen LogP contribution in [-0.4, -0.2) is 76.9 Å². The van der Waals surface area contributed by atoms with E-state index < -0.39 is 5.97 Å². The summed E-state index contributed by atoms with van der Waals surface area (Å²) in [6.45, 7) is 5.23. The van der Waals surface area contributed by atoms with Gasteiger partial charge in [0.25, 0.3) is 0 Å². The lowest BCUT2D eigenvalue weighted by Gasteiger charge is -2.32. The first-order valence-corrected chi connectivity index (χ1v) is 11.9. The van der Waals surface area contributed by atoms with Crippen molar-refractivity contribution in [1.29, 1.82) is 0 Å². The van der Waals surface area contributed by atoms with Gasteiger partial charge in [-0.25, -0.2) is 9.79 Å². The van der Waals surface area contributed by atoms with Crippen LogP contribution in [0.1, 0.15) is 27.0 Å². The summed E-state index contributed by atoms with van der Waals surface area (Å²) in [5.41, 5.74) is 4.94. The molecule has 1 fully saturated rings. The number of aliphatic imine (C=N–C) groups is 1. The largest absolute Gasteiger partial charge is 0.494 e. The molecule has 1 aliphatic heterocycles. The van der Waals surface area contributed by atoms with E-state index in [1.54, 1.807) is 30.6 Å². The molecular formula is C28H29N5O3. The zero-order chi connectivity index (χ0) is 25.1. The molecule has 0 aliphatic carbocycles. The zero-order valence-electron chi connectivity index (χ0n) is 20.4. The fourth-order valence-corrected chi connectivity index (χ4v) is 4.50. The maximum absolute atomic E-state index is 12.0. The topological polar surface area (TPSA) is 94.1 Å². The SMILES string of the molecule is COC(=O)c1ccc2c(C(=Nc3ccc(CN4CCN(C)CC4)cc3)c3cccnc3)c(O)[nH]c2c1. The number of H-pyrrole nitrogens is 1. The molecule has 1 aliphatic rings. The second-order valence-corrected chi connectivity index (χ2v) is 9.05. The van der Waals surface area contributed by atoms with Crippen molar-refractivity contribution in [2.24, 2.45) is 4.99 Å².